The van der Waals surface area contributed by atoms with Gasteiger partial charge in [-0.25, -0.2) is 4.79 Å². The zero-order chi connectivity index (χ0) is 38.2. The van der Waals surface area contributed by atoms with Gasteiger partial charge in [0, 0.05) is 13.2 Å². The molecule has 0 aromatic heterocycles. The summed E-state index contributed by atoms with van der Waals surface area (Å²) in [6, 6.07) is 0. The lowest BCUT2D eigenvalue weighted by molar-refractivity contribution is -0.169. The summed E-state index contributed by atoms with van der Waals surface area (Å²) in [5.74, 6) is 0. The predicted octanol–water partition coefficient (Wildman–Crippen LogP) is 2.25. The predicted molar refractivity (Wildman–Crippen MR) is 194 cm³/mol. The maximum Gasteiger partial charge on any atom is 0.407 e. The number of carbonyl (C=O) groups is 1. The van der Waals surface area contributed by atoms with E-state index in [1.54, 1.807) is 0 Å². The topological polar surface area (TPSA) is 168 Å². The van der Waals surface area contributed by atoms with Crippen molar-refractivity contribution >= 4 is 6.09 Å². The fraction of sp³-hybridized carbons (Fsp3) is 0.972. The Morgan fingerprint density at radius 2 is 0.774 bits per heavy atom. The number of alkyl carbamates (subject to hydrolysis) is 1. The zero-order valence-electron chi connectivity index (χ0n) is 32.8. The van der Waals surface area contributed by atoms with Crippen molar-refractivity contribution in [2.45, 2.75) is 51.9 Å². The Bertz CT molecular complexity index is 758. The molecule has 0 bridgehead atoms. The summed E-state index contributed by atoms with van der Waals surface area (Å²) in [5, 5.41) is 2.63. The highest BCUT2D eigenvalue weighted by molar-refractivity contribution is 5.67. The minimum Gasteiger partial charge on any atom is -0.444 e. The van der Waals surface area contributed by atoms with Crippen molar-refractivity contribution in [2.24, 2.45) is 0 Å². The first-order valence-corrected chi connectivity index (χ1v) is 19.1. The van der Waals surface area contributed by atoms with E-state index in [4.69, 9.17) is 71.1 Å². The zero-order valence-corrected chi connectivity index (χ0v) is 32.8. The van der Waals surface area contributed by atoms with Crippen LogP contribution in [0.1, 0.15) is 40.0 Å². The fourth-order valence-corrected chi connectivity index (χ4v) is 4.14. The van der Waals surface area contributed by atoms with Gasteiger partial charge in [0.15, 0.2) is 6.29 Å². The van der Waals surface area contributed by atoms with Gasteiger partial charge in [-0.3, -0.25) is 0 Å². The van der Waals surface area contributed by atoms with Crippen molar-refractivity contribution in [2.75, 3.05) is 178 Å². The molecule has 1 aliphatic heterocycles. The molecular formula is C36H71NO16. The number of ether oxygens (including phenoxy) is 15. The van der Waals surface area contributed by atoms with E-state index in [2.05, 4.69) is 5.32 Å². The van der Waals surface area contributed by atoms with E-state index in [1.165, 1.54) is 0 Å². The van der Waals surface area contributed by atoms with E-state index in [0.29, 0.717) is 172 Å². The van der Waals surface area contributed by atoms with Crippen LogP contribution in [0.5, 0.6) is 0 Å². The van der Waals surface area contributed by atoms with E-state index < -0.39 is 11.7 Å². The number of nitrogens with one attached hydrogen (secondary N) is 1. The molecule has 1 saturated heterocycles. The molecule has 316 valence electrons. The molecule has 0 aromatic carbocycles. The quantitative estimate of drug-likeness (QED) is 0.0900. The average molecular weight is 774 g/mol. The highest BCUT2D eigenvalue weighted by Crippen LogP contribution is 2.13. The van der Waals surface area contributed by atoms with Gasteiger partial charge in [0.2, 0.25) is 0 Å². The third-order valence-corrected chi connectivity index (χ3v) is 6.68. The first-order valence-electron chi connectivity index (χ1n) is 19.1. The maximum atomic E-state index is 11.5. The van der Waals surface area contributed by atoms with E-state index in [0.717, 1.165) is 25.9 Å². The van der Waals surface area contributed by atoms with Gasteiger partial charge >= 0.3 is 6.09 Å². The van der Waals surface area contributed by atoms with Crippen LogP contribution < -0.4 is 5.32 Å². The van der Waals surface area contributed by atoms with Crippen LogP contribution >= 0.6 is 0 Å². The van der Waals surface area contributed by atoms with Gasteiger partial charge < -0.3 is 76.4 Å². The number of rotatable bonds is 40. The molecule has 0 aromatic rings. The molecule has 1 atom stereocenters. The summed E-state index contributed by atoms with van der Waals surface area (Å²) in [4.78, 5) is 11.5. The molecule has 1 unspecified atom stereocenters. The van der Waals surface area contributed by atoms with E-state index in [9.17, 15) is 4.79 Å². The minimum absolute atomic E-state index is 0.0709. The molecule has 17 nitrogen and oxygen atoms in total. The fourth-order valence-electron chi connectivity index (χ4n) is 4.14. The number of hydrogen-bond acceptors (Lipinski definition) is 16. The van der Waals surface area contributed by atoms with Gasteiger partial charge in [-0.2, -0.15) is 0 Å². The molecule has 1 heterocycles. The molecule has 53 heavy (non-hydrogen) atoms. The highest BCUT2D eigenvalue weighted by Gasteiger charge is 2.15. The first-order chi connectivity index (χ1) is 26.0. The van der Waals surface area contributed by atoms with Crippen molar-refractivity contribution in [1.29, 1.82) is 0 Å². The SMILES string of the molecule is CC(C)(C)OC(=O)NCCOCCOCCOCCOCCOCCOCCOCCOCCOCCOCCOCCOCCOC1CCCCO1. The van der Waals surface area contributed by atoms with E-state index >= 15 is 0 Å². The van der Waals surface area contributed by atoms with Gasteiger partial charge in [-0.05, 0) is 40.0 Å². The molecule has 1 rings (SSSR count). The molecule has 1 N–H and O–H groups in total. The van der Waals surface area contributed by atoms with Gasteiger partial charge in [0.05, 0.1) is 165 Å². The van der Waals surface area contributed by atoms with Crippen molar-refractivity contribution in [3.8, 4) is 0 Å². The lowest BCUT2D eigenvalue weighted by Crippen LogP contribution is -2.34. The Morgan fingerprint density at radius 1 is 0.472 bits per heavy atom. The third-order valence-electron chi connectivity index (χ3n) is 6.68. The molecule has 1 aliphatic rings. The summed E-state index contributed by atoms with van der Waals surface area (Å²) in [7, 11) is 0. The molecule has 1 amide bonds. The monoisotopic (exact) mass is 773 g/mol. The summed E-state index contributed by atoms with van der Waals surface area (Å²) < 4.78 is 82.0. The van der Waals surface area contributed by atoms with Gasteiger partial charge in [0.25, 0.3) is 0 Å². The molecule has 0 saturated carbocycles. The molecule has 0 aliphatic carbocycles. The van der Waals surface area contributed by atoms with Crippen LogP contribution in [0.15, 0.2) is 0 Å². The summed E-state index contributed by atoms with van der Waals surface area (Å²) in [6.07, 6.45) is 2.72. The Hall–Kier alpha value is -1.29. The van der Waals surface area contributed by atoms with Crippen LogP contribution in [0.3, 0.4) is 0 Å². The number of hydrogen-bond donors (Lipinski definition) is 1. The lowest BCUT2D eigenvalue weighted by atomic mass is 10.2. The van der Waals surface area contributed by atoms with E-state index in [1.807, 2.05) is 20.8 Å². The Morgan fingerprint density at radius 3 is 1.06 bits per heavy atom. The van der Waals surface area contributed by atoms with E-state index in [-0.39, 0.29) is 6.29 Å². The van der Waals surface area contributed by atoms with Crippen LogP contribution in [0.2, 0.25) is 0 Å². The summed E-state index contributed by atoms with van der Waals surface area (Å²) in [5.41, 5.74) is -0.513. The van der Waals surface area contributed by atoms with Crippen molar-refractivity contribution in [1.82, 2.24) is 5.32 Å². The minimum atomic E-state index is -0.513. The van der Waals surface area contributed by atoms with Crippen LogP contribution in [-0.4, -0.2) is 196 Å². The standard InChI is InChI=1S/C36H71NO16/c1-36(2,3)53-35(38)37-7-9-39-10-11-40-12-13-41-14-15-42-16-17-43-18-19-44-20-21-45-22-23-46-24-25-47-26-27-48-28-29-49-30-31-50-32-33-52-34-6-4-5-8-51-34/h34H,4-33H2,1-3H3,(H,37,38). The smallest absolute Gasteiger partial charge is 0.407 e. The molecular weight excluding hydrogens is 702 g/mol. The first kappa shape index (κ1) is 49.7. The maximum absolute atomic E-state index is 11.5. The second-order valence-electron chi connectivity index (χ2n) is 12.4. The molecule has 0 radical (unpaired) electrons. The van der Waals surface area contributed by atoms with Crippen LogP contribution in [-0.2, 0) is 71.1 Å². The number of carbonyl (C=O) groups excluding carboxylic acids is 1. The van der Waals surface area contributed by atoms with Crippen molar-refractivity contribution in [3.05, 3.63) is 0 Å². The molecule has 0 spiro atoms. The van der Waals surface area contributed by atoms with Gasteiger partial charge in [-0.15, -0.1) is 0 Å². The second-order valence-corrected chi connectivity index (χ2v) is 12.4. The van der Waals surface area contributed by atoms with Gasteiger partial charge in [0.1, 0.15) is 5.60 Å². The Labute approximate surface area is 317 Å². The molecule has 17 heteroatoms. The summed E-state index contributed by atoms with van der Waals surface area (Å²) in [6.45, 7) is 19.0. The summed E-state index contributed by atoms with van der Waals surface area (Å²) >= 11 is 0. The second kappa shape index (κ2) is 39.0. The largest absolute Gasteiger partial charge is 0.444 e. The molecule has 1 fully saturated rings. The van der Waals surface area contributed by atoms with Crippen LogP contribution in [0.25, 0.3) is 0 Å². The Balaban J connectivity index is 1.61. The van der Waals surface area contributed by atoms with Gasteiger partial charge in [-0.1, -0.05) is 0 Å². The highest BCUT2D eigenvalue weighted by atomic mass is 16.7. The van der Waals surface area contributed by atoms with Crippen molar-refractivity contribution < 1.29 is 75.8 Å². The van der Waals surface area contributed by atoms with Crippen molar-refractivity contribution in [3.63, 3.8) is 0 Å². The lowest BCUT2D eigenvalue weighted by Gasteiger charge is -2.22. The normalized spacial score (nSPS) is 14.9. The number of amides is 1. The third kappa shape index (κ3) is 40.2. The van der Waals surface area contributed by atoms with Crippen LogP contribution in [0.4, 0.5) is 4.79 Å². The Kier molecular flexibility index (Phi) is 36.6. The van der Waals surface area contributed by atoms with Crippen LogP contribution in [0, 0.1) is 0 Å². The average Bonchev–Trinajstić information content (AvgIpc) is 3.13.